The number of rotatable bonds is 7. The molecule has 1 atom stereocenters. The third-order valence-corrected chi connectivity index (χ3v) is 4.14. The molecule has 0 radical (unpaired) electrons. The van der Waals surface area contributed by atoms with E-state index in [1.807, 2.05) is 0 Å². The second kappa shape index (κ2) is 8.40. The molecule has 0 amide bonds. The van der Waals surface area contributed by atoms with Crippen molar-refractivity contribution in [3.8, 4) is 0 Å². The van der Waals surface area contributed by atoms with Crippen LogP contribution in [0.3, 0.4) is 0 Å². The van der Waals surface area contributed by atoms with Gasteiger partial charge in [0.05, 0.1) is 6.10 Å². The minimum absolute atomic E-state index is 0.390. The summed E-state index contributed by atoms with van der Waals surface area (Å²) in [5, 5.41) is 3.52. The van der Waals surface area contributed by atoms with Crippen LogP contribution in [0.25, 0.3) is 0 Å². The smallest absolute Gasteiger partial charge is 0.0749 e. The number of nitrogens with one attached hydrogen (secondary N) is 1. The summed E-state index contributed by atoms with van der Waals surface area (Å²) in [4.78, 5) is 2.36. The maximum Gasteiger partial charge on any atom is 0.0749 e. The summed E-state index contributed by atoms with van der Waals surface area (Å²) in [5.41, 5.74) is 4.05. The molecule has 0 aliphatic carbocycles. The highest BCUT2D eigenvalue weighted by Crippen LogP contribution is 2.23. The van der Waals surface area contributed by atoms with E-state index >= 15 is 0 Å². The van der Waals surface area contributed by atoms with Crippen LogP contribution >= 0.6 is 0 Å². The number of hydrogen-bond donors (Lipinski definition) is 1. The number of benzene rings is 1. The van der Waals surface area contributed by atoms with Crippen LogP contribution < -0.4 is 10.2 Å². The van der Waals surface area contributed by atoms with Gasteiger partial charge in [-0.05, 0) is 50.8 Å². The normalized spacial score (nSPS) is 18.7. The predicted octanol–water partition coefficient (Wildman–Crippen LogP) is 3.50. The van der Waals surface area contributed by atoms with Gasteiger partial charge in [-0.1, -0.05) is 24.6 Å². The van der Waals surface area contributed by atoms with Crippen molar-refractivity contribution < 1.29 is 4.74 Å². The zero-order chi connectivity index (χ0) is 15.1. The Morgan fingerprint density at radius 3 is 2.90 bits per heavy atom. The van der Waals surface area contributed by atoms with Gasteiger partial charge < -0.3 is 15.0 Å². The summed E-state index contributed by atoms with van der Waals surface area (Å²) in [7, 11) is 2.19. The summed E-state index contributed by atoms with van der Waals surface area (Å²) < 4.78 is 5.87. The molecule has 1 aromatic carbocycles. The fourth-order valence-corrected chi connectivity index (χ4v) is 2.98. The Balaban J connectivity index is 2.01. The molecular weight excluding hydrogens is 260 g/mol. The van der Waals surface area contributed by atoms with E-state index in [9.17, 15) is 0 Å². The summed E-state index contributed by atoms with van der Waals surface area (Å²) in [6.07, 6.45) is 5.28. The van der Waals surface area contributed by atoms with Crippen LogP contribution in [0, 0.1) is 6.92 Å². The predicted molar refractivity (Wildman–Crippen MR) is 90.0 cm³/mol. The first-order valence-corrected chi connectivity index (χ1v) is 8.33. The maximum absolute atomic E-state index is 5.87. The Kier molecular flexibility index (Phi) is 6.52. The average Bonchev–Trinajstić information content (AvgIpc) is 2.48. The lowest BCUT2D eigenvalue weighted by Gasteiger charge is -2.30. The van der Waals surface area contributed by atoms with E-state index in [0.717, 1.165) is 26.2 Å². The molecule has 3 nitrogen and oxygen atoms in total. The van der Waals surface area contributed by atoms with Crippen LogP contribution in [0.15, 0.2) is 18.2 Å². The average molecular weight is 290 g/mol. The molecule has 0 saturated carbocycles. The topological polar surface area (TPSA) is 24.5 Å². The molecule has 0 bridgehead atoms. The summed E-state index contributed by atoms with van der Waals surface area (Å²) in [5.74, 6) is 0. The molecule has 2 rings (SSSR count). The first-order chi connectivity index (χ1) is 10.2. The zero-order valence-corrected chi connectivity index (χ0v) is 13.8. The van der Waals surface area contributed by atoms with Crippen LogP contribution in [0.4, 0.5) is 5.69 Å². The minimum Gasteiger partial charge on any atom is -0.376 e. The second-order valence-electron chi connectivity index (χ2n) is 6.18. The molecule has 1 saturated heterocycles. The van der Waals surface area contributed by atoms with Gasteiger partial charge in [-0.3, -0.25) is 0 Å². The molecular formula is C18H30N2O. The van der Waals surface area contributed by atoms with Crippen molar-refractivity contribution >= 4 is 5.69 Å². The van der Waals surface area contributed by atoms with Crippen molar-refractivity contribution in [1.82, 2.24) is 5.32 Å². The van der Waals surface area contributed by atoms with Crippen molar-refractivity contribution in [3.05, 3.63) is 29.3 Å². The van der Waals surface area contributed by atoms with Crippen molar-refractivity contribution in [1.29, 1.82) is 0 Å². The van der Waals surface area contributed by atoms with Gasteiger partial charge in [-0.15, -0.1) is 0 Å². The van der Waals surface area contributed by atoms with Gasteiger partial charge in [-0.25, -0.2) is 0 Å². The standard InChI is InChI=1S/C18H30N2O/c1-4-10-19-13-16-12-15(2)8-9-18(16)20(3)14-17-7-5-6-11-21-17/h8-9,12,17,19H,4-7,10-11,13-14H2,1-3H3. The molecule has 1 aliphatic heterocycles. The minimum atomic E-state index is 0.390. The van der Waals surface area contributed by atoms with Crippen molar-refractivity contribution in [3.63, 3.8) is 0 Å². The number of nitrogens with zero attached hydrogens (tertiary/aromatic N) is 1. The molecule has 21 heavy (non-hydrogen) atoms. The highest BCUT2D eigenvalue weighted by Gasteiger charge is 2.17. The molecule has 118 valence electrons. The monoisotopic (exact) mass is 290 g/mol. The zero-order valence-electron chi connectivity index (χ0n) is 13.8. The van der Waals surface area contributed by atoms with Crippen LogP contribution in [0.1, 0.15) is 43.7 Å². The molecule has 0 aromatic heterocycles. The van der Waals surface area contributed by atoms with E-state index in [4.69, 9.17) is 4.74 Å². The number of hydrogen-bond acceptors (Lipinski definition) is 3. The van der Waals surface area contributed by atoms with Gasteiger partial charge in [0.25, 0.3) is 0 Å². The second-order valence-corrected chi connectivity index (χ2v) is 6.18. The van der Waals surface area contributed by atoms with Gasteiger partial charge in [-0.2, -0.15) is 0 Å². The van der Waals surface area contributed by atoms with Gasteiger partial charge >= 0.3 is 0 Å². The molecule has 1 fully saturated rings. The van der Waals surface area contributed by atoms with E-state index in [0.29, 0.717) is 6.10 Å². The highest BCUT2D eigenvalue weighted by molar-refractivity contribution is 5.54. The van der Waals surface area contributed by atoms with E-state index in [1.54, 1.807) is 0 Å². The number of likely N-dealkylation sites (N-methyl/N-ethyl adjacent to an activating group) is 1. The number of aryl methyl sites for hydroxylation is 1. The molecule has 1 aromatic rings. The van der Waals surface area contributed by atoms with Crippen LogP contribution in [-0.4, -0.2) is 32.8 Å². The lowest BCUT2D eigenvalue weighted by atomic mass is 10.1. The molecule has 3 heteroatoms. The fraction of sp³-hybridized carbons (Fsp3) is 0.667. The number of ether oxygens (including phenoxy) is 1. The maximum atomic E-state index is 5.87. The van der Waals surface area contributed by atoms with E-state index in [1.165, 1.54) is 42.5 Å². The summed E-state index contributed by atoms with van der Waals surface area (Å²) in [6.45, 7) is 8.30. The lowest BCUT2D eigenvalue weighted by Crippen LogP contribution is -2.34. The van der Waals surface area contributed by atoms with Crippen LogP contribution in [0.2, 0.25) is 0 Å². The Morgan fingerprint density at radius 2 is 2.19 bits per heavy atom. The Morgan fingerprint density at radius 1 is 1.33 bits per heavy atom. The Hall–Kier alpha value is -1.06. The van der Waals surface area contributed by atoms with Gasteiger partial charge in [0.2, 0.25) is 0 Å². The summed E-state index contributed by atoms with van der Waals surface area (Å²) in [6, 6.07) is 6.76. The Labute approximate surface area is 129 Å². The van der Waals surface area contributed by atoms with Crippen LogP contribution in [-0.2, 0) is 11.3 Å². The first kappa shape index (κ1) is 16.3. The lowest BCUT2D eigenvalue weighted by molar-refractivity contribution is 0.0216. The SMILES string of the molecule is CCCNCc1cc(C)ccc1N(C)CC1CCCCO1. The largest absolute Gasteiger partial charge is 0.376 e. The summed E-state index contributed by atoms with van der Waals surface area (Å²) >= 11 is 0. The van der Waals surface area contributed by atoms with Crippen LogP contribution in [0.5, 0.6) is 0 Å². The Bertz CT molecular complexity index is 427. The van der Waals surface area contributed by atoms with E-state index in [2.05, 4.69) is 49.3 Å². The molecule has 0 spiro atoms. The van der Waals surface area contributed by atoms with Gasteiger partial charge in [0.1, 0.15) is 0 Å². The van der Waals surface area contributed by atoms with Gasteiger partial charge in [0.15, 0.2) is 0 Å². The van der Waals surface area contributed by atoms with E-state index < -0.39 is 0 Å². The van der Waals surface area contributed by atoms with E-state index in [-0.39, 0.29) is 0 Å². The van der Waals surface area contributed by atoms with Crippen molar-refractivity contribution in [2.24, 2.45) is 0 Å². The van der Waals surface area contributed by atoms with Crippen molar-refractivity contribution in [2.75, 3.05) is 31.6 Å². The molecule has 1 unspecified atom stereocenters. The quantitative estimate of drug-likeness (QED) is 0.778. The van der Waals surface area contributed by atoms with Crippen molar-refractivity contribution in [2.45, 2.75) is 52.2 Å². The molecule has 1 N–H and O–H groups in total. The third kappa shape index (κ3) is 5.01. The highest BCUT2D eigenvalue weighted by atomic mass is 16.5. The molecule has 1 aliphatic rings. The third-order valence-electron chi connectivity index (χ3n) is 4.14. The first-order valence-electron chi connectivity index (χ1n) is 8.33. The number of anilines is 1. The molecule has 1 heterocycles. The fourth-order valence-electron chi connectivity index (χ4n) is 2.98. The van der Waals surface area contributed by atoms with Gasteiger partial charge in [0, 0.05) is 32.4 Å².